The molecule has 2 atom stereocenters. The maximum Gasteiger partial charge on any atom is 0.222 e. The number of carbonyl (C=O) groups excluding carboxylic acids is 1. The van der Waals surface area contributed by atoms with Gasteiger partial charge in [-0.3, -0.25) is 4.79 Å². The number of benzene rings is 1. The van der Waals surface area contributed by atoms with Crippen molar-refractivity contribution in [3.8, 4) is 0 Å². The number of likely N-dealkylation sites (tertiary alicyclic amines) is 1. The zero-order valence-electron chi connectivity index (χ0n) is 12.3. The molecule has 1 fully saturated rings. The zero-order valence-corrected chi connectivity index (χ0v) is 12.3. The molecule has 0 spiro atoms. The van der Waals surface area contributed by atoms with Crippen LogP contribution < -0.4 is 0 Å². The van der Waals surface area contributed by atoms with E-state index in [9.17, 15) is 4.79 Å². The van der Waals surface area contributed by atoms with E-state index in [4.69, 9.17) is 5.11 Å². The van der Waals surface area contributed by atoms with Crippen molar-refractivity contribution in [3.63, 3.8) is 0 Å². The Morgan fingerprint density at radius 2 is 2.10 bits per heavy atom. The highest BCUT2D eigenvalue weighted by Crippen LogP contribution is 2.25. The molecule has 0 unspecified atom stereocenters. The van der Waals surface area contributed by atoms with Gasteiger partial charge >= 0.3 is 0 Å². The highest BCUT2D eigenvalue weighted by atomic mass is 16.3. The van der Waals surface area contributed by atoms with E-state index in [1.807, 2.05) is 23.1 Å². The normalized spacial score (nSPS) is 20.4. The van der Waals surface area contributed by atoms with Gasteiger partial charge in [0.25, 0.3) is 0 Å². The molecule has 110 valence electrons. The molecule has 1 saturated heterocycles. The summed E-state index contributed by atoms with van der Waals surface area (Å²) in [6.07, 6.45) is 3.51. The second-order valence-electron chi connectivity index (χ2n) is 6.00. The Hall–Kier alpha value is -1.35. The van der Waals surface area contributed by atoms with Gasteiger partial charge in [-0.15, -0.1) is 0 Å². The number of rotatable bonds is 7. The van der Waals surface area contributed by atoms with Gasteiger partial charge in [0.2, 0.25) is 5.91 Å². The number of aliphatic hydroxyl groups excluding tert-OH is 1. The van der Waals surface area contributed by atoms with Gasteiger partial charge in [0, 0.05) is 26.1 Å². The van der Waals surface area contributed by atoms with Crippen LogP contribution in [-0.2, 0) is 11.2 Å². The lowest BCUT2D eigenvalue weighted by molar-refractivity contribution is -0.127. The zero-order chi connectivity index (χ0) is 14.4. The van der Waals surface area contributed by atoms with E-state index < -0.39 is 0 Å². The first kappa shape index (κ1) is 15.0. The number of hydrogen-bond donors (Lipinski definition) is 1. The van der Waals surface area contributed by atoms with Crippen LogP contribution in [0.5, 0.6) is 0 Å². The number of carbonyl (C=O) groups is 1. The first-order chi connectivity index (χ1) is 9.69. The number of amides is 1. The molecule has 1 amide bonds. The molecule has 1 aromatic rings. The summed E-state index contributed by atoms with van der Waals surface area (Å²) in [4.78, 5) is 14.0. The maximum atomic E-state index is 12.0. The van der Waals surface area contributed by atoms with Crippen LogP contribution in [0.4, 0.5) is 0 Å². The van der Waals surface area contributed by atoms with Gasteiger partial charge in [-0.05, 0) is 36.7 Å². The van der Waals surface area contributed by atoms with Crippen molar-refractivity contribution >= 4 is 5.91 Å². The molecule has 0 aromatic heterocycles. The largest absolute Gasteiger partial charge is 0.396 e. The molecule has 3 heteroatoms. The minimum absolute atomic E-state index is 0.250. The van der Waals surface area contributed by atoms with Crippen LogP contribution in [-0.4, -0.2) is 35.6 Å². The summed E-state index contributed by atoms with van der Waals surface area (Å²) in [5.74, 6) is 1.27. The van der Waals surface area contributed by atoms with Crippen LogP contribution in [0.2, 0.25) is 0 Å². The first-order valence-corrected chi connectivity index (χ1v) is 7.61. The summed E-state index contributed by atoms with van der Waals surface area (Å²) in [7, 11) is 0. The Bertz CT molecular complexity index is 418. The minimum atomic E-state index is 0.250. The Morgan fingerprint density at radius 1 is 1.35 bits per heavy atom. The fraction of sp³-hybridized carbons (Fsp3) is 0.588. The average molecular weight is 275 g/mol. The third-order valence-corrected chi connectivity index (χ3v) is 4.17. The highest BCUT2D eigenvalue weighted by Gasteiger charge is 2.29. The summed E-state index contributed by atoms with van der Waals surface area (Å²) >= 11 is 0. The van der Waals surface area contributed by atoms with E-state index in [1.165, 1.54) is 5.56 Å². The van der Waals surface area contributed by atoms with Crippen LogP contribution in [0.3, 0.4) is 0 Å². The maximum absolute atomic E-state index is 12.0. The molecule has 0 radical (unpaired) electrons. The summed E-state index contributed by atoms with van der Waals surface area (Å²) in [6, 6.07) is 10.3. The smallest absolute Gasteiger partial charge is 0.222 e. The van der Waals surface area contributed by atoms with Crippen LogP contribution in [0.25, 0.3) is 0 Å². The molecule has 3 nitrogen and oxygen atoms in total. The Kier molecular flexibility index (Phi) is 5.60. The quantitative estimate of drug-likeness (QED) is 0.830. The van der Waals surface area contributed by atoms with E-state index in [0.29, 0.717) is 24.2 Å². The molecule has 1 aromatic carbocycles. The number of aliphatic hydroxyl groups is 1. The SMILES string of the molecule is C[C@H](CCO)C[C@H]1CC(=O)N(CCc2ccccc2)C1. The molecule has 1 aliphatic rings. The molecular formula is C17H25NO2. The second-order valence-corrected chi connectivity index (χ2v) is 6.00. The predicted octanol–water partition coefficient (Wildman–Crippen LogP) is 2.49. The van der Waals surface area contributed by atoms with Crippen LogP contribution in [0.15, 0.2) is 30.3 Å². The van der Waals surface area contributed by atoms with Gasteiger partial charge in [0.15, 0.2) is 0 Å². The van der Waals surface area contributed by atoms with Gasteiger partial charge in [-0.25, -0.2) is 0 Å². The molecule has 0 saturated carbocycles. The molecule has 1 aliphatic heterocycles. The van der Waals surface area contributed by atoms with Crippen molar-refractivity contribution in [3.05, 3.63) is 35.9 Å². The van der Waals surface area contributed by atoms with Crippen LogP contribution in [0, 0.1) is 11.8 Å². The summed E-state index contributed by atoms with van der Waals surface area (Å²) in [5, 5.41) is 8.95. The standard InChI is InChI=1S/C17H25NO2/c1-14(8-10-19)11-16-12-17(20)18(13-16)9-7-15-5-3-2-4-6-15/h2-6,14,16,19H,7-13H2,1H3/t14-,16+/m1/s1. The van der Waals surface area contributed by atoms with E-state index in [1.54, 1.807) is 0 Å². The van der Waals surface area contributed by atoms with Crippen molar-refractivity contribution < 1.29 is 9.90 Å². The van der Waals surface area contributed by atoms with Crippen molar-refractivity contribution in [2.45, 2.75) is 32.6 Å². The molecule has 20 heavy (non-hydrogen) atoms. The van der Waals surface area contributed by atoms with Crippen molar-refractivity contribution in [2.24, 2.45) is 11.8 Å². The summed E-state index contributed by atoms with van der Waals surface area (Å²) in [5.41, 5.74) is 1.29. The molecule has 1 heterocycles. The number of hydrogen-bond acceptors (Lipinski definition) is 2. The fourth-order valence-corrected chi connectivity index (χ4v) is 3.04. The van der Waals surface area contributed by atoms with Gasteiger partial charge in [-0.2, -0.15) is 0 Å². The summed E-state index contributed by atoms with van der Waals surface area (Å²) < 4.78 is 0. The lowest BCUT2D eigenvalue weighted by atomic mass is 9.93. The van der Waals surface area contributed by atoms with Gasteiger partial charge in [0.05, 0.1) is 0 Å². The van der Waals surface area contributed by atoms with Gasteiger partial charge in [0.1, 0.15) is 0 Å². The van der Waals surface area contributed by atoms with E-state index in [0.717, 1.165) is 32.4 Å². The van der Waals surface area contributed by atoms with Gasteiger partial charge in [-0.1, -0.05) is 37.3 Å². The van der Waals surface area contributed by atoms with E-state index in [-0.39, 0.29) is 6.61 Å². The van der Waals surface area contributed by atoms with Crippen molar-refractivity contribution in [1.29, 1.82) is 0 Å². The third-order valence-electron chi connectivity index (χ3n) is 4.17. The van der Waals surface area contributed by atoms with Crippen molar-refractivity contribution in [1.82, 2.24) is 4.90 Å². The molecule has 0 bridgehead atoms. The molecule has 2 rings (SSSR count). The Labute approximate surface area is 121 Å². The van der Waals surface area contributed by atoms with Crippen LogP contribution >= 0.6 is 0 Å². The topological polar surface area (TPSA) is 40.5 Å². The Balaban J connectivity index is 1.78. The van der Waals surface area contributed by atoms with Crippen LogP contribution in [0.1, 0.15) is 31.7 Å². The van der Waals surface area contributed by atoms with Gasteiger partial charge < -0.3 is 10.0 Å². The third kappa shape index (κ3) is 4.34. The molecule has 1 N–H and O–H groups in total. The minimum Gasteiger partial charge on any atom is -0.396 e. The lowest BCUT2D eigenvalue weighted by Crippen LogP contribution is -2.27. The highest BCUT2D eigenvalue weighted by molar-refractivity contribution is 5.78. The molecule has 0 aliphatic carbocycles. The number of nitrogens with zero attached hydrogens (tertiary/aromatic N) is 1. The monoisotopic (exact) mass is 275 g/mol. The fourth-order valence-electron chi connectivity index (χ4n) is 3.04. The molecular weight excluding hydrogens is 250 g/mol. The second kappa shape index (κ2) is 7.44. The first-order valence-electron chi connectivity index (χ1n) is 7.61. The summed E-state index contributed by atoms with van der Waals surface area (Å²) in [6.45, 7) is 4.13. The van der Waals surface area contributed by atoms with E-state index >= 15 is 0 Å². The predicted molar refractivity (Wildman–Crippen MR) is 80.3 cm³/mol. The van der Waals surface area contributed by atoms with E-state index in [2.05, 4.69) is 19.1 Å². The van der Waals surface area contributed by atoms with Crippen molar-refractivity contribution in [2.75, 3.05) is 19.7 Å². The Morgan fingerprint density at radius 3 is 2.80 bits per heavy atom. The lowest BCUT2D eigenvalue weighted by Gasteiger charge is -2.18. The average Bonchev–Trinajstić information content (AvgIpc) is 2.78.